The van der Waals surface area contributed by atoms with E-state index in [-0.39, 0.29) is 46.0 Å². The number of rotatable bonds is 0. The summed E-state index contributed by atoms with van der Waals surface area (Å²) in [5.74, 6) is 0. The average molecular weight is 539 g/mol. The molecular formula is C39H70. The maximum absolute atomic E-state index is 2.49. The molecule has 4 rings (SSSR count). The molecule has 0 heterocycles. The van der Waals surface area contributed by atoms with Gasteiger partial charge >= 0.3 is 0 Å². The Hall–Kier alpha value is -2.08. The third-order valence-electron chi connectivity index (χ3n) is 6.35. The summed E-state index contributed by atoms with van der Waals surface area (Å²) < 4.78 is 0. The van der Waals surface area contributed by atoms with Crippen molar-refractivity contribution in [1.29, 1.82) is 0 Å². The van der Waals surface area contributed by atoms with Crippen molar-refractivity contribution in [2.45, 2.75) is 156 Å². The van der Waals surface area contributed by atoms with Gasteiger partial charge in [-0.25, -0.2) is 0 Å². The van der Waals surface area contributed by atoms with Crippen LogP contribution in [0.4, 0.5) is 0 Å². The third-order valence-corrected chi connectivity index (χ3v) is 6.35. The molecule has 226 valence electrons. The van der Waals surface area contributed by atoms with E-state index in [1.807, 2.05) is 13.8 Å². The smallest absolute Gasteiger partial charge is 0.0159 e. The van der Waals surface area contributed by atoms with Crippen LogP contribution in [0, 0.1) is 0 Å². The van der Waals surface area contributed by atoms with Gasteiger partial charge in [0.15, 0.2) is 0 Å². The quantitative estimate of drug-likeness (QED) is 0.267. The monoisotopic (exact) mass is 539 g/mol. The van der Waals surface area contributed by atoms with Crippen molar-refractivity contribution in [2.75, 3.05) is 0 Å². The molecule has 3 aromatic carbocycles. The summed E-state index contributed by atoms with van der Waals surface area (Å²) in [6, 6.07) is 18.6. The van der Waals surface area contributed by atoms with E-state index in [1.165, 1.54) is 57.0 Å². The fourth-order valence-electron chi connectivity index (χ4n) is 4.67. The highest BCUT2D eigenvalue weighted by Crippen LogP contribution is 2.53. The molecule has 0 aromatic heterocycles. The summed E-state index contributed by atoms with van der Waals surface area (Å²) in [5, 5.41) is 2.79. The third kappa shape index (κ3) is 9.51. The largest absolute Gasteiger partial charge is 0.0776 e. The second-order valence-electron chi connectivity index (χ2n) is 12.2. The van der Waals surface area contributed by atoms with Gasteiger partial charge in [-0.05, 0) is 55.0 Å². The Balaban J connectivity index is -0.000000462. The van der Waals surface area contributed by atoms with Gasteiger partial charge in [-0.2, -0.15) is 0 Å². The van der Waals surface area contributed by atoms with Crippen LogP contribution in [0.2, 0.25) is 0 Å². The van der Waals surface area contributed by atoms with E-state index in [9.17, 15) is 0 Å². The molecule has 0 saturated heterocycles. The van der Waals surface area contributed by atoms with E-state index < -0.39 is 0 Å². The van der Waals surface area contributed by atoms with Gasteiger partial charge in [0.1, 0.15) is 0 Å². The molecule has 0 fully saturated rings. The topological polar surface area (TPSA) is 0 Å². The van der Waals surface area contributed by atoms with Crippen LogP contribution in [0.3, 0.4) is 0 Å². The number of hydrogen-bond acceptors (Lipinski definition) is 0. The van der Waals surface area contributed by atoms with Crippen molar-refractivity contribution in [1.82, 2.24) is 0 Å². The lowest BCUT2D eigenvalue weighted by atomic mass is 9.76. The lowest BCUT2D eigenvalue weighted by Gasteiger charge is -2.28. The zero-order valence-corrected chi connectivity index (χ0v) is 25.5. The predicted molar refractivity (Wildman–Crippen MR) is 189 cm³/mol. The van der Waals surface area contributed by atoms with E-state index in [4.69, 9.17) is 0 Å². The van der Waals surface area contributed by atoms with Crippen LogP contribution >= 0.6 is 0 Å². The van der Waals surface area contributed by atoms with Gasteiger partial charge in [0, 0.05) is 5.41 Å². The molecule has 0 amide bonds. The minimum absolute atomic E-state index is 0. The van der Waals surface area contributed by atoms with Crippen molar-refractivity contribution in [2.24, 2.45) is 0 Å². The van der Waals surface area contributed by atoms with Crippen LogP contribution in [-0.2, 0) is 16.2 Å². The van der Waals surface area contributed by atoms with Gasteiger partial charge < -0.3 is 0 Å². The van der Waals surface area contributed by atoms with Gasteiger partial charge in [0.25, 0.3) is 0 Å². The van der Waals surface area contributed by atoms with Gasteiger partial charge in [0.2, 0.25) is 0 Å². The Morgan fingerprint density at radius 2 is 1.03 bits per heavy atom. The molecule has 0 spiro atoms. The lowest BCUT2D eigenvalue weighted by Crippen LogP contribution is -2.19. The predicted octanol–water partition coefficient (Wildman–Crippen LogP) is 14.1. The van der Waals surface area contributed by atoms with E-state index in [0.29, 0.717) is 0 Å². The maximum Gasteiger partial charge on any atom is 0.0159 e. The first kappa shape index (κ1) is 44.0. The molecule has 1 aliphatic rings. The molecule has 0 unspecified atom stereocenters. The van der Waals surface area contributed by atoms with Crippen LogP contribution in [-0.4, -0.2) is 0 Å². The van der Waals surface area contributed by atoms with Gasteiger partial charge in [-0.3, -0.25) is 0 Å². The van der Waals surface area contributed by atoms with Crippen LogP contribution < -0.4 is 0 Å². The first-order valence-corrected chi connectivity index (χ1v) is 14.0. The number of hydrogen-bond donors (Lipinski definition) is 0. The molecule has 1 aliphatic carbocycles. The van der Waals surface area contributed by atoms with E-state index in [2.05, 4.69) is 132 Å². The zero-order valence-electron chi connectivity index (χ0n) is 25.5. The summed E-state index contributed by atoms with van der Waals surface area (Å²) >= 11 is 0. The molecule has 39 heavy (non-hydrogen) atoms. The second kappa shape index (κ2) is 17.6. The Labute approximate surface area is 248 Å². The molecule has 0 saturated carbocycles. The summed E-state index contributed by atoms with van der Waals surface area (Å²) in [4.78, 5) is 0. The van der Waals surface area contributed by atoms with Crippen LogP contribution in [0.5, 0.6) is 0 Å². The minimum atomic E-state index is 0. The number of fused-ring (bicyclic) bond motifs is 5. The Bertz CT molecular complexity index is 1080. The van der Waals surface area contributed by atoms with Crippen molar-refractivity contribution in [3.8, 4) is 11.1 Å². The summed E-state index contributed by atoms with van der Waals surface area (Å²) in [6.07, 6.45) is 2.50. The van der Waals surface area contributed by atoms with Crippen molar-refractivity contribution < 1.29 is 0 Å². The SMILES string of the molecule is C.C.C.C.CC.CC(C)(C)c1ccc2c(c1)C(C)(C)c1cc(C(C)(C)C)c3ccccc3c1-2.CCC.CCC. The highest BCUT2D eigenvalue weighted by molar-refractivity contribution is 6.04. The summed E-state index contributed by atoms with van der Waals surface area (Å²) in [7, 11) is 0. The van der Waals surface area contributed by atoms with Gasteiger partial charge in [-0.15, -0.1) is 0 Å². The Morgan fingerprint density at radius 1 is 0.590 bits per heavy atom. The standard InChI is InChI=1S/C27H32.2C3H8.C2H6.4CH4/c1-25(2,3)17-13-14-20-22(15-17)27(7,8)23-16-21(26(4,5)6)18-11-9-10-12-19(18)24(20)23;2*1-3-2;1-2;;;;/h9-16H,1-8H3;2*3H2,1-2H3;1-2H3;4*1H4. The van der Waals surface area contributed by atoms with Crippen LogP contribution in [0.1, 0.15) is 162 Å². The molecule has 3 aromatic rings. The highest BCUT2D eigenvalue weighted by Gasteiger charge is 2.38. The summed E-state index contributed by atoms with van der Waals surface area (Å²) in [5.41, 5.74) is 8.99. The van der Waals surface area contributed by atoms with Gasteiger partial charge in [0.05, 0.1) is 0 Å². The van der Waals surface area contributed by atoms with Crippen molar-refractivity contribution in [3.63, 3.8) is 0 Å². The molecule has 0 heteroatoms. The molecule has 0 aliphatic heterocycles. The molecule has 0 N–H and O–H groups in total. The molecule has 0 atom stereocenters. The van der Waals surface area contributed by atoms with E-state index in [0.717, 1.165) is 0 Å². The lowest BCUT2D eigenvalue weighted by molar-refractivity contribution is 0.582. The Morgan fingerprint density at radius 3 is 1.44 bits per heavy atom. The van der Waals surface area contributed by atoms with Crippen molar-refractivity contribution >= 4 is 10.8 Å². The Kier molecular flexibility index (Phi) is 19.8. The first-order chi connectivity index (χ1) is 16.2. The van der Waals surface area contributed by atoms with Crippen LogP contribution in [0.15, 0.2) is 48.5 Å². The van der Waals surface area contributed by atoms with E-state index in [1.54, 1.807) is 0 Å². The highest BCUT2D eigenvalue weighted by atomic mass is 14.4. The zero-order chi connectivity index (χ0) is 27.2. The van der Waals surface area contributed by atoms with E-state index >= 15 is 0 Å². The van der Waals surface area contributed by atoms with Crippen LogP contribution in [0.25, 0.3) is 21.9 Å². The molecular weight excluding hydrogens is 468 g/mol. The maximum atomic E-state index is 2.49. The molecule has 0 radical (unpaired) electrons. The van der Waals surface area contributed by atoms with Gasteiger partial charge in [-0.1, -0.05) is 188 Å². The average Bonchev–Trinajstić information content (AvgIpc) is 3.01. The summed E-state index contributed by atoms with van der Waals surface area (Å²) in [6.45, 7) is 31.2. The minimum Gasteiger partial charge on any atom is -0.0776 e. The first-order valence-electron chi connectivity index (χ1n) is 14.0. The number of benzene rings is 3. The fourth-order valence-corrected chi connectivity index (χ4v) is 4.67. The fraction of sp³-hybridized carbons (Fsp3) is 0.590. The van der Waals surface area contributed by atoms with Crippen molar-refractivity contribution in [3.05, 3.63) is 70.8 Å². The molecule has 0 bridgehead atoms. The second-order valence-corrected chi connectivity index (χ2v) is 12.2. The molecule has 0 nitrogen and oxygen atoms in total. The normalized spacial score (nSPS) is 11.9.